The molecule has 1 saturated heterocycles. The molecule has 0 amide bonds. The van der Waals surface area contributed by atoms with Crippen LogP contribution in [0.1, 0.15) is 52.4 Å². The highest BCUT2D eigenvalue weighted by Gasteiger charge is 2.36. The smallest absolute Gasteiger partial charge is 0.0772 e. The minimum atomic E-state index is -0.464. The van der Waals surface area contributed by atoms with Crippen LogP contribution in [-0.4, -0.2) is 36.5 Å². The number of ether oxygens (including phenoxy) is 1. The van der Waals surface area contributed by atoms with Crippen LogP contribution < -0.4 is 5.32 Å². The molecule has 1 heterocycles. The van der Waals surface area contributed by atoms with E-state index < -0.39 is 5.60 Å². The zero-order chi connectivity index (χ0) is 12.4. The second-order valence-corrected chi connectivity index (χ2v) is 6.66. The highest BCUT2D eigenvalue weighted by molar-refractivity contribution is 4.91. The van der Waals surface area contributed by atoms with Crippen LogP contribution in [0.4, 0.5) is 0 Å². The Balaban J connectivity index is 1.74. The van der Waals surface area contributed by atoms with E-state index in [2.05, 4.69) is 19.2 Å². The van der Waals surface area contributed by atoms with E-state index in [4.69, 9.17) is 4.74 Å². The molecule has 0 aromatic carbocycles. The van der Waals surface area contributed by atoms with Crippen LogP contribution in [0.15, 0.2) is 0 Å². The number of hydrogen-bond acceptors (Lipinski definition) is 3. The van der Waals surface area contributed by atoms with Gasteiger partial charge in [0.15, 0.2) is 0 Å². The van der Waals surface area contributed by atoms with Crippen LogP contribution in [0.25, 0.3) is 0 Å². The Morgan fingerprint density at radius 2 is 1.71 bits per heavy atom. The van der Waals surface area contributed by atoms with Gasteiger partial charge in [0.1, 0.15) is 0 Å². The number of aliphatic hydroxyl groups is 1. The molecule has 3 nitrogen and oxygen atoms in total. The van der Waals surface area contributed by atoms with Crippen LogP contribution in [0.2, 0.25) is 0 Å². The number of rotatable bonds is 3. The minimum absolute atomic E-state index is 0.422. The lowest BCUT2D eigenvalue weighted by Gasteiger charge is -2.41. The molecule has 2 N–H and O–H groups in total. The summed E-state index contributed by atoms with van der Waals surface area (Å²) in [5.74, 6) is 0. The van der Waals surface area contributed by atoms with Crippen molar-refractivity contribution in [3.05, 3.63) is 0 Å². The standard InChI is InChI=1S/C14H27NO2/c1-13(2)5-7-14(16,8-6-13)11-15-12-3-9-17-10-4-12/h12,15-16H,3-11H2,1-2H3. The van der Waals surface area contributed by atoms with E-state index in [9.17, 15) is 5.11 Å². The Bertz CT molecular complexity index is 237. The average Bonchev–Trinajstić information content (AvgIpc) is 2.33. The van der Waals surface area contributed by atoms with Crippen molar-refractivity contribution in [2.75, 3.05) is 19.8 Å². The molecule has 2 rings (SSSR count). The molecule has 1 saturated carbocycles. The Kier molecular flexibility index (Phi) is 4.11. The summed E-state index contributed by atoms with van der Waals surface area (Å²) in [5.41, 5.74) is -0.0429. The minimum Gasteiger partial charge on any atom is -0.389 e. The first-order chi connectivity index (χ1) is 7.99. The Labute approximate surface area is 105 Å². The largest absolute Gasteiger partial charge is 0.389 e. The fraction of sp³-hybridized carbons (Fsp3) is 1.00. The third kappa shape index (κ3) is 3.94. The lowest BCUT2D eigenvalue weighted by Crippen LogP contribution is -2.48. The van der Waals surface area contributed by atoms with Crippen molar-refractivity contribution >= 4 is 0 Å². The van der Waals surface area contributed by atoms with Crippen molar-refractivity contribution < 1.29 is 9.84 Å². The quantitative estimate of drug-likeness (QED) is 0.795. The second kappa shape index (κ2) is 5.25. The van der Waals surface area contributed by atoms with Crippen LogP contribution in [0.3, 0.4) is 0 Å². The summed E-state index contributed by atoms with van der Waals surface area (Å²) in [6, 6.07) is 0.544. The van der Waals surface area contributed by atoms with E-state index in [1.165, 1.54) is 0 Å². The summed E-state index contributed by atoms with van der Waals surface area (Å²) < 4.78 is 5.34. The lowest BCUT2D eigenvalue weighted by molar-refractivity contribution is -0.0293. The molecular formula is C14H27NO2. The van der Waals surface area contributed by atoms with Crippen molar-refractivity contribution in [1.29, 1.82) is 0 Å². The Morgan fingerprint density at radius 3 is 2.29 bits per heavy atom. The van der Waals surface area contributed by atoms with Gasteiger partial charge in [0, 0.05) is 25.8 Å². The maximum absolute atomic E-state index is 10.5. The molecule has 1 aliphatic heterocycles. The molecule has 2 aliphatic rings. The molecular weight excluding hydrogens is 214 g/mol. The Morgan fingerprint density at radius 1 is 1.12 bits per heavy atom. The summed E-state index contributed by atoms with van der Waals surface area (Å²) >= 11 is 0. The maximum Gasteiger partial charge on any atom is 0.0772 e. The fourth-order valence-corrected chi connectivity index (χ4v) is 2.80. The van der Waals surface area contributed by atoms with Crippen molar-refractivity contribution in [2.24, 2.45) is 5.41 Å². The van der Waals surface area contributed by atoms with Crippen LogP contribution in [0.5, 0.6) is 0 Å². The van der Waals surface area contributed by atoms with E-state index in [-0.39, 0.29) is 0 Å². The SMILES string of the molecule is CC1(C)CCC(O)(CNC2CCOCC2)CC1. The van der Waals surface area contributed by atoms with Crippen molar-refractivity contribution in [1.82, 2.24) is 5.32 Å². The van der Waals surface area contributed by atoms with Gasteiger partial charge in [0.2, 0.25) is 0 Å². The molecule has 2 fully saturated rings. The average molecular weight is 241 g/mol. The van der Waals surface area contributed by atoms with Gasteiger partial charge in [-0.05, 0) is 43.9 Å². The van der Waals surface area contributed by atoms with E-state index in [1.54, 1.807) is 0 Å². The van der Waals surface area contributed by atoms with Gasteiger partial charge in [0.05, 0.1) is 5.60 Å². The van der Waals surface area contributed by atoms with Crippen LogP contribution >= 0.6 is 0 Å². The Hall–Kier alpha value is -0.120. The fourth-order valence-electron chi connectivity index (χ4n) is 2.80. The van der Waals surface area contributed by atoms with E-state index in [1.807, 2.05) is 0 Å². The maximum atomic E-state index is 10.5. The summed E-state index contributed by atoms with van der Waals surface area (Å²) in [6.45, 7) is 7.09. The molecule has 0 atom stereocenters. The first-order valence-corrected chi connectivity index (χ1v) is 7.03. The normalized spacial score (nSPS) is 29.1. The zero-order valence-electron chi connectivity index (χ0n) is 11.3. The van der Waals surface area contributed by atoms with Gasteiger partial charge in [-0.25, -0.2) is 0 Å². The molecule has 1 aliphatic carbocycles. The summed E-state index contributed by atoms with van der Waals surface area (Å²) in [4.78, 5) is 0. The van der Waals surface area contributed by atoms with Gasteiger partial charge in [-0.15, -0.1) is 0 Å². The molecule has 0 aromatic rings. The molecule has 3 heteroatoms. The van der Waals surface area contributed by atoms with Gasteiger partial charge in [0.25, 0.3) is 0 Å². The monoisotopic (exact) mass is 241 g/mol. The topological polar surface area (TPSA) is 41.5 Å². The molecule has 100 valence electrons. The number of nitrogens with one attached hydrogen (secondary N) is 1. The molecule has 0 spiro atoms. The van der Waals surface area contributed by atoms with Gasteiger partial charge >= 0.3 is 0 Å². The summed E-state index contributed by atoms with van der Waals surface area (Å²) in [6.07, 6.45) is 6.33. The second-order valence-electron chi connectivity index (χ2n) is 6.66. The van der Waals surface area contributed by atoms with Crippen LogP contribution in [0, 0.1) is 5.41 Å². The number of hydrogen-bond donors (Lipinski definition) is 2. The van der Waals surface area contributed by atoms with Gasteiger partial charge < -0.3 is 15.2 Å². The first kappa shape index (κ1) is 13.3. The molecule has 0 radical (unpaired) electrons. The van der Waals surface area contributed by atoms with Crippen molar-refractivity contribution in [2.45, 2.75) is 64.0 Å². The van der Waals surface area contributed by atoms with Gasteiger partial charge in [-0.2, -0.15) is 0 Å². The highest BCUT2D eigenvalue weighted by Crippen LogP contribution is 2.39. The van der Waals surface area contributed by atoms with Crippen LogP contribution in [-0.2, 0) is 4.74 Å². The van der Waals surface area contributed by atoms with Gasteiger partial charge in [-0.3, -0.25) is 0 Å². The molecule has 17 heavy (non-hydrogen) atoms. The highest BCUT2D eigenvalue weighted by atomic mass is 16.5. The van der Waals surface area contributed by atoms with Gasteiger partial charge in [-0.1, -0.05) is 13.8 Å². The lowest BCUT2D eigenvalue weighted by atomic mass is 9.71. The molecule has 0 aromatic heterocycles. The summed E-state index contributed by atoms with van der Waals surface area (Å²) in [5, 5.41) is 14.1. The third-order valence-electron chi connectivity index (χ3n) is 4.48. The zero-order valence-corrected chi connectivity index (χ0v) is 11.3. The summed E-state index contributed by atoms with van der Waals surface area (Å²) in [7, 11) is 0. The van der Waals surface area contributed by atoms with E-state index in [0.717, 1.165) is 58.3 Å². The molecule has 0 unspecified atom stereocenters. The first-order valence-electron chi connectivity index (χ1n) is 7.03. The molecule has 0 bridgehead atoms. The predicted octanol–water partition coefficient (Wildman–Crippen LogP) is 2.09. The van der Waals surface area contributed by atoms with Crippen molar-refractivity contribution in [3.8, 4) is 0 Å². The predicted molar refractivity (Wildman–Crippen MR) is 69.0 cm³/mol. The van der Waals surface area contributed by atoms with E-state index >= 15 is 0 Å². The third-order valence-corrected chi connectivity index (χ3v) is 4.48. The van der Waals surface area contributed by atoms with E-state index in [0.29, 0.717) is 11.5 Å². The van der Waals surface area contributed by atoms with Crippen molar-refractivity contribution in [3.63, 3.8) is 0 Å².